The van der Waals surface area contributed by atoms with Crippen molar-refractivity contribution >= 4 is 17.5 Å². The summed E-state index contributed by atoms with van der Waals surface area (Å²) < 4.78 is 0. The fourth-order valence-corrected chi connectivity index (χ4v) is 2.70. The SMILES string of the molecule is CCN(CC)C(=O)CNC(=O)CC1CNc2ccccc21. The second-order valence-electron chi connectivity index (χ2n) is 5.21. The molecule has 5 heteroatoms. The Hall–Kier alpha value is -2.04. The van der Waals surface area contributed by atoms with Gasteiger partial charge in [-0.25, -0.2) is 0 Å². The Labute approximate surface area is 125 Å². The van der Waals surface area contributed by atoms with Crippen LogP contribution in [0.3, 0.4) is 0 Å². The van der Waals surface area contributed by atoms with Gasteiger partial charge in [0.2, 0.25) is 11.8 Å². The van der Waals surface area contributed by atoms with E-state index in [0.717, 1.165) is 12.2 Å². The summed E-state index contributed by atoms with van der Waals surface area (Å²) in [5.74, 6) is 0.0852. The number of carbonyl (C=O) groups excluding carboxylic acids is 2. The van der Waals surface area contributed by atoms with Crippen LogP contribution in [0.15, 0.2) is 24.3 Å². The van der Waals surface area contributed by atoms with Crippen molar-refractivity contribution in [3.05, 3.63) is 29.8 Å². The van der Waals surface area contributed by atoms with Crippen LogP contribution < -0.4 is 10.6 Å². The third kappa shape index (κ3) is 3.74. The Morgan fingerprint density at radius 1 is 1.29 bits per heavy atom. The smallest absolute Gasteiger partial charge is 0.241 e. The highest BCUT2D eigenvalue weighted by atomic mass is 16.2. The minimum absolute atomic E-state index is 0.0294. The second-order valence-corrected chi connectivity index (χ2v) is 5.21. The molecule has 1 atom stereocenters. The summed E-state index contributed by atoms with van der Waals surface area (Å²) in [5, 5.41) is 6.03. The molecule has 1 aromatic rings. The first-order chi connectivity index (χ1) is 10.2. The standard InChI is InChI=1S/C16H23N3O2/c1-3-19(4-2)16(21)11-18-15(20)9-12-10-17-14-8-6-5-7-13(12)14/h5-8,12,17H,3-4,9-11H2,1-2H3,(H,18,20). The van der Waals surface area contributed by atoms with Crippen molar-refractivity contribution in [1.82, 2.24) is 10.2 Å². The van der Waals surface area contributed by atoms with Crippen molar-refractivity contribution < 1.29 is 9.59 Å². The highest BCUT2D eigenvalue weighted by Gasteiger charge is 2.24. The molecule has 0 spiro atoms. The normalized spacial score (nSPS) is 16.0. The maximum atomic E-state index is 12.0. The number of hydrogen-bond acceptors (Lipinski definition) is 3. The van der Waals surface area contributed by atoms with Crippen molar-refractivity contribution in [2.75, 3.05) is 31.5 Å². The molecule has 0 fully saturated rings. The molecule has 2 N–H and O–H groups in total. The highest BCUT2D eigenvalue weighted by Crippen LogP contribution is 2.32. The molecule has 0 bridgehead atoms. The van der Waals surface area contributed by atoms with Gasteiger partial charge in [-0.2, -0.15) is 0 Å². The summed E-state index contributed by atoms with van der Waals surface area (Å²) >= 11 is 0. The van der Waals surface area contributed by atoms with Crippen molar-refractivity contribution in [3.8, 4) is 0 Å². The minimum atomic E-state index is -0.0704. The van der Waals surface area contributed by atoms with Crippen molar-refractivity contribution in [2.45, 2.75) is 26.2 Å². The van der Waals surface area contributed by atoms with Crippen LogP contribution in [-0.4, -0.2) is 42.9 Å². The van der Waals surface area contributed by atoms with Crippen LogP contribution in [0.5, 0.6) is 0 Å². The summed E-state index contributed by atoms with van der Waals surface area (Å²) in [6.07, 6.45) is 0.412. The van der Waals surface area contributed by atoms with E-state index in [9.17, 15) is 9.59 Å². The number of rotatable bonds is 6. The molecule has 1 unspecified atom stereocenters. The Kier molecular flexibility index (Phi) is 5.20. The second kappa shape index (κ2) is 7.11. The number of nitrogens with zero attached hydrogens (tertiary/aromatic N) is 1. The van der Waals surface area contributed by atoms with Crippen LogP contribution in [0.25, 0.3) is 0 Å². The molecule has 1 aliphatic heterocycles. The molecule has 0 aliphatic carbocycles. The number of hydrogen-bond donors (Lipinski definition) is 2. The van der Waals surface area contributed by atoms with Crippen LogP contribution in [-0.2, 0) is 9.59 Å². The van der Waals surface area contributed by atoms with Gasteiger partial charge in [0.25, 0.3) is 0 Å². The lowest BCUT2D eigenvalue weighted by molar-refractivity contribution is -0.132. The molecule has 114 valence electrons. The van der Waals surface area contributed by atoms with Crippen molar-refractivity contribution in [1.29, 1.82) is 0 Å². The van der Waals surface area contributed by atoms with E-state index in [1.807, 2.05) is 38.1 Å². The summed E-state index contributed by atoms with van der Waals surface area (Å²) in [5.41, 5.74) is 2.29. The lowest BCUT2D eigenvalue weighted by Crippen LogP contribution is -2.40. The molecular formula is C16H23N3O2. The van der Waals surface area contributed by atoms with E-state index >= 15 is 0 Å². The lowest BCUT2D eigenvalue weighted by atomic mass is 9.97. The van der Waals surface area contributed by atoms with Crippen LogP contribution >= 0.6 is 0 Å². The number of para-hydroxylation sites is 1. The number of amides is 2. The number of benzene rings is 1. The number of carbonyl (C=O) groups is 2. The average Bonchev–Trinajstić information content (AvgIpc) is 2.90. The zero-order chi connectivity index (χ0) is 15.2. The molecule has 5 nitrogen and oxygen atoms in total. The molecule has 1 aliphatic rings. The van der Waals surface area contributed by atoms with E-state index in [-0.39, 0.29) is 24.3 Å². The van der Waals surface area contributed by atoms with E-state index in [2.05, 4.69) is 10.6 Å². The molecule has 0 aromatic heterocycles. The predicted octanol–water partition coefficient (Wildman–Crippen LogP) is 1.57. The van der Waals surface area contributed by atoms with Gasteiger partial charge in [-0.1, -0.05) is 18.2 Å². The summed E-state index contributed by atoms with van der Waals surface area (Å²) in [6.45, 7) is 6.07. The minimum Gasteiger partial charge on any atom is -0.384 e. The van der Waals surface area contributed by atoms with E-state index in [1.165, 1.54) is 5.56 Å². The first kappa shape index (κ1) is 15.4. The van der Waals surface area contributed by atoms with Crippen LogP contribution in [0, 0.1) is 0 Å². The fourth-order valence-electron chi connectivity index (χ4n) is 2.70. The molecule has 2 rings (SSSR count). The molecule has 1 heterocycles. The van der Waals surface area contributed by atoms with Gasteiger partial charge >= 0.3 is 0 Å². The maximum Gasteiger partial charge on any atom is 0.241 e. The topological polar surface area (TPSA) is 61.4 Å². The molecule has 1 aromatic carbocycles. The summed E-state index contributed by atoms with van der Waals surface area (Å²) in [4.78, 5) is 25.6. The molecule has 2 amide bonds. The number of likely N-dealkylation sites (N-methyl/N-ethyl adjacent to an activating group) is 1. The average molecular weight is 289 g/mol. The highest BCUT2D eigenvalue weighted by molar-refractivity contribution is 5.85. The maximum absolute atomic E-state index is 12.0. The van der Waals surface area contributed by atoms with Gasteiger partial charge in [-0.05, 0) is 25.5 Å². The fraction of sp³-hybridized carbons (Fsp3) is 0.500. The van der Waals surface area contributed by atoms with E-state index in [4.69, 9.17) is 0 Å². The van der Waals surface area contributed by atoms with Crippen molar-refractivity contribution in [3.63, 3.8) is 0 Å². The third-order valence-electron chi connectivity index (χ3n) is 3.92. The van der Waals surface area contributed by atoms with Gasteiger partial charge in [0.15, 0.2) is 0 Å². The number of nitrogens with one attached hydrogen (secondary N) is 2. The molecule has 0 saturated heterocycles. The lowest BCUT2D eigenvalue weighted by Gasteiger charge is -2.19. The molecular weight excluding hydrogens is 266 g/mol. The van der Waals surface area contributed by atoms with Crippen molar-refractivity contribution in [2.24, 2.45) is 0 Å². The van der Waals surface area contributed by atoms with Gasteiger partial charge in [0, 0.05) is 37.7 Å². The van der Waals surface area contributed by atoms with Gasteiger partial charge in [-0.3, -0.25) is 9.59 Å². The largest absolute Gasteiger partial charge is 0.384 e. The molecule has 0 radical (unpaired) electrons. The van der Waals surface area contributed by atoms with Crippen LogP contribution in [0.1, 0.15) is 31.7 Å². The van der Waals surface area contributed by atoms with Gasteiger partial charge in [0.05, 0.1) is 6.54 Å². The number of anilines is 1. The predicted molar refractivity (Wildman–Crippen MR) is 83.2 cm³/mol. The Morgan fingerprint density at radius 3 is 2.71 bits per heavy atom. The van der Waals surface area contributed by atoms with Crippen LogP contribution in [0.4, 0.5) is 5.69 Å². The van der Waals surface area contributed by atoms with E-state index in [0.29, 0.717) is 19.5 Å². The van der Waals surface area contributed by atoms with Crippen LogP contribution in [0.2, 0.25) is 0 Å². The van der Waals surface area contributed by atoms with E-state index in [1.54, 1.807) is 4.90 Å². The zero-order valence-electron chi connectivity index (χ0n) is 12.7. The monoisotopic (exact) mass is 289 g/mol. The van der Waals surface area contributed by atoms with E-state index < -0.39 is 0 Å². The number of fused-ring (bicyclic) bond motifs is 1. The first-order valence-corrected chi connectivity index (χ1v) is 7.53. The van der Waals surface area contributed by atoms with Gasteiger partial charge in [0.1, 0.15) is 0 Å². The third-order valence-corrected chi connectivity index (χ3v) is 3.92. The quantitative estimate of drug-likeness (QED) is 0.835. The first-order valence-electron chi connectivity index (χ1n) is 7.53. The molecule has 21 heavy (non-hydrogen) atoms. The Balaban J connectivity index is 1.82. The van der Waals surface area contributed by atoms with Gasteiger partial charge < -0.3 is 15.5 Å². The summed E-state index contributed by atoms with van der Waals surface area (Å²) in [6, 6.07) is 8.04. The summed E-state index contributed by atoms with van der Waals surface area (Å²) in [7, 11) is 0. The molecule has 0 saturated carbocycles. The Morgan fingerprint density at radius 2 is 2.00 bits per heavy atom. The zero-order valence-corrected chi connectivity index (χ0v) is 12.7. The Bertz CT molecular complexity index is 512. The van der Waals surface area contributed by atoms with Gasteiger partial charge in [-0.15, -0.1) is 0 Å².